The second-order valence-corrected chi connectivity index (χ2v) is 8.39. The van der Waals surface area contributed by atoms with Crippen LogP contribution in [0.4, 0.5) is 0 Å². The minimum absolute atomic E-state index is 0.136. The standard InChI is InChI=1S/C21H24O7/c1-10-8-14(27-19(10)23)25-9-13-15-17(26-11(2)22)12-6-5-7-21(3,4)16(12)18(15)28-20(13)24/h8-9,14-15,17-18H,5-7H2,1-4H3/b13-9+/t14-,15?,17-,18+/m1/s1. The predicted molar refractivity (Wildman–Crippen MR) is 96.4 cm³/mol. The molecule has 4 atom stereocenters. The summed E-state index contributed by atoms with van der Waals surface area (Å²) in [6.45, 7) is 7.26. The van der Waals surface area contributed by atoms with Gasteiger partial charge >= 0.3 is 17.9 Å². The Morgan fingerprint density at radius 1 is 1.25 bits per heavy atom. The molecule has 1 fully saturated rings. The highest BCUT2D eigenvalue weighted by atomic mass is 16.7. The van der Waals surface area contributed by atoms with Gasteiger partial charge in [-0.3, -0.25) is 4.79 Å². The summed E-state index contributed by atoms with van der Waals surface area (Å²) in [7, 11) is 0. The normalized spacial score (nSPS) is 34.6. The number of fused-ring (bicyclic) bond motifs is 2. The van der Waals surface area contributed by atoms with Gasteiger partial charge in [-0.1, -0.05) is 13.8 Å². The van der Waals surface area contributed by atoms with E-state index in [0.29, 0.717) is 11.1 Å². The maximum atomic E-state index is 12.6. The third-order valence-corrected chi connectivity index (χ3v) is 5.99. The van der Waals surface area contributed by atoms with Crippen LogP contribution in [-0.2, 0) is 33.3 Å². The largest absolute Gasteiger partial charge is 0.458 e. The summed E-state index contributed by atoms with van der Waals surface area (Å²) in [6, 6.07) is 0. The van der Waals surface area contributed by atoms with E-state index in [1.54, 1.807) is 13.0 Å². The first kappa shape index (κ1) is 18.8. The molecule has 7 nitrogen and oxygen atoms in total. The van der Waals surface area contributed by atoms with Gasteiger partial charge in [-0.15, -0.1) is 0 Å². The average Bonchev–Trinajstić information content (AvgIpc) is 3.18. The molecule has 1 unspecified atom stereocenters. The molecule has 28 heavy (non-hydrogen) atoms. The maximum absolute atomic E-state index is 12.6. The van der Waals surface area contributed by atoms with Crippen LogP contribution in [0.5, 0.6) is 0 Å². The van der Waals surface area contributed by atoms with Gasteiger partial charge in [0.25, 0.3) is 6.29 Å². The smallest absolute Gasteiger partial charge is 0.338 e. The summed E-state index contributed by atoms with van der Waals surface area (Å²) in [5.41, 5.74) is 2.74. The van der Waals surface area contributed by atoms with E-state index in [9.17, 15) is 14.4 Å². The van der Waals surface area contributed by atoms with E-state index in [0.717, 1.165) is 30.4 Å². The molecule has 1 saturated heterocycles. The van der Waals surface area contributed by atoms with Gasteiger partial charge < -0.3 is 18.9 Å². The Kier molecular flexibility index (Phi) is 4.36. The number of carbonyl (C=O) groups excluding carboxylic acids is 3. The van der Waals surface area contributed by atoms with E-state index in [2.05, 4.69) is 13.8 Å². The van der Waals surface area contributed by atoms with Gasteiger partial charge in [0.1, 0.15) is 12.2 Å². The van der Waals surface area contributed by atoms with Crippen molar-refractivity contribution in [3.8, 4) is 0 Å². The first-order valence-corrected chi connectivity index (χ1v) is 9.55. The fraction of sp³-hybridized carbons (Fsp3) is 0.571. The van der Waals surface area contributed by atoms with Crippen molar-refractivity contribution in [2.75, 3.05) is 0 Å². The molecule has 0 radical (unpaired) electrons. The van der Waals surface area contributed by atoms with Crippen LogP contribution in [0.25, 0.3) is 0 Å². The lowest BCUT2D eigenvalue weighted by molar-refractivity contribution is -0.152. The van der Waals surface area contributed by atoms with Gasteiger partial charge in [0.15, 0.2) is 0 Å². The summed E-state index contributed by atoms with van der Waals surface area (Å²) < 4.78 is 21.9. The number of rotatable bonds is 3. The first-order chi connectivity index (χ1) is 13.2. The summed E-state index contributed by atoms with van der Waals surface area (Å²) in [6.07, 6.45) is 3.76. The number of carbonyl (C=O) groups is 3. The molecule has 0 saturated carbocycles. The lowest BCUT2D eigenvalue weighted by atomic mass is 9.72. The zero-order valence-electron chi connectivity index (χ0n) is 16.4. The molecule has 4 aliphatic rings. The van der Waals surface area contributed by atoms with Crippen molar-refractivity contribution in [3.63, 3.8) is 0 Å². The molecule has 0 amide bonds. The maximum Gasteiger partial charge on any atom is 0.338 e. The molecular weight excluding hydrogens is 364 g/mol. The molecule has 0 spiro atoms. The van der Waals surface area contributed by atoms with E-state index < -0.39 is 42.3 Å². The van der Waals surface area contributed by atoms with Crippen LogP contribution in [0.1, 0.15) is 47.0 Å². The summed E-state index contributed by atoms with van der Waals surface area (Å²) >= 11 is 0. The topological polar surface area (TPSA) is 88.1 Å². The lowest BCUT2D eigenvalue weighted by Crippen LogP contribution is -2.29. The third-order valence-electron chi connectivity index (χ3n) is 5.99. The van der Waals surface area contributed by atoms with E-state index in [-0.39, 0.29) is 5.41 Å². The van der Waals surface area contributed by atoms with Crippen molar-refractivity contribution in [2.45, 2.75) is 65.5 Å². The van der Waals surface area contributed by atoms with Crippen molar-refractivity contribution in [1.82, 2.24) is 0 Å². The van der Waals surface area contributed by atoms with Crippen LogP contribution < -0.4 is 0 Å². The molecule has 2 aliphatic heterocycles. The van der Waals surface area contributed by atoms with E-state index >= 15 is 0 Å². The quantitative estimate of drug-likeness (QED) is 0.241. The van der Waals surface area contributed by atoms with Crippen molar-refractivity contribution in [3.05, 3.63) is 34.6 Å². The SMILES string of the molecule is CC(=O)O[C@@H]1C2=C([C@H]3OC(=O)/C(=C/O[C@H]4C=C(C)C(=O)O4)C13)C(C)(C)CCC2. The summed E-state index contributed by atoms with van der Waals surface area (Å²) in [4.78, 5) is 35.8. The molecule has 0 aromatic heterocycles. The van der Waals surface area contributed by atoms with Gasteiger partial charge in [0.05, 0.1) is 17.8 Å². The minimum Gasteiger partial charge on any atom is -0.458 e. The highest BCUT2D eigenvalue weighted by molar-refractivity contribution is 5.93. The second kappa shape index (κ2) is 6.50. The first-order valence-electron chi connectivity index (χ1n) is 9.55. The Labute approximate surface area is 163 Å². The molecule has 4 rings (SSSR count). The van der Waals surface area contributed by atoms with Crippen molar-refractivity contribution in [2.24, 2.45) is 11.3 Å². The third kappa shape index (κ3) is 2.93. The van der Waals surface area contributed by atoms with Crippen LogP contribution >= 0.6 is 0 Å². The van der Waals surface area contributed by atoms with Gasteiger partial charge in [0.2, 0.25) is 0 Å². The molecule has 0 aromatic rings. The Balaban J connectivity index is 1.67. The molecular formula is C21H24O7. The van der Waals surface area contributed by atoms with E-state index in [1.165, 1.54) is 13.2 Å². The molecule has 0 aromatic carbocycles. The summed E-state index contributed by atoms with van der Waals surface area (Å²) in [5, 5.41) is 0. The Morgan fingerprint density at radius 3 is 2.64 bits per heavy atom. The van der Waals surface area contributed by atoms with Gasteiger partial charge in [-0.25, -0.2) is 9.59 Å². The van der Waals surface area contributed by atoms with E-state index in [4.69, 9.17) is 18.9 Å². The average molecular weight is 388 g/mol. The zero-order chi connectivity index (χ0) is 20.2. The number of cyclic esters (lactones) is 1. The van der Waals surface area contributed by atoms with E-state index in [1.807, 2.05) is 0 Å². The zero-order valence-corrected chi connectivity index (χ0v) is 16.4. The molecule has 0 bridgehead atoms. The Morgan fingerprint density at radius 2 is 2.00 bits per heavy atom. The number of ether oxygens (including phenoxy) is 4. The van der Waals surface area contributed by atoms with Crippen molar-refractivity contribution < 1.29 is 33.3 Å². The van der Waals surface area contributed by atoms with Crippen LogP contribution in [0.3, 0.4) is 0 Å². The molecule has 150 valence electrons. The Bertz CT molecular complexity index is 845. The monoisotopic (exact) mass is 388 g/mol. The Hall–Kier alpha value is -2.57. The number of esters is 3. The van der Waals surface area contributed by atoms with Gasteiger partial charge in [0, 0.05) is 18.6 Å². The van der Waals surface area contributed by atoms with Crippen molar-refractivity contribution in [1.29, 1.82) is 0 Å². The van der Waals surface area contributed by atoms with Crippen LogP contribution in [0, 0.1) is 11.3 Å². The number of hydrogen-bond donors (Lipinski definition) is 0. The highest BCUT2D eigenvalue weighted by Gasteiger charge is 2.58. The number of hydrogen-bond acceptors (Lipinski definition) is 7. The molecule has 2 aliphatic carbocycles. The summed E-state index contributed by atoms with van der Waals surface area (Å²) in [5.74, 6) is -1.79. The van der Waals surface area contributed by atoms with Crippen LogP contribution in [0.15, 0.2) is 34.6 Å². The fourth-order valence-corrected chi connectivity index (χ4v) is 4.78. The van der Waals surface area contributed by atoms with Crippen molar-refractivity contribution >= 4 is 17.9 Å². The molecule has 0 N–H and O–H groups in total. The lowest BCUT2D eigenvalue weighted by Gasteiger charge is -2.34. The fourth-order valence-electron chi connectivity index (χ4n) is 4.78. The highest BCUT2D eigenvalue weighted by Crippen LogP contribution is 2.55. The molecule has 7 heteroatoms. The van der Waals surface area contributed by atoms with Gasteiger partial charge in [-0.05, 0) is 42.7 Å². The minimum atomic E-state index is -0.876. The van der Waals surface area contributed by atoms with Gasteiger partial charge in [-0.2, -0.15) is 0 Å². The van der Waals surface area contributed by atoms with Crippen LogP contribution in [-0.4, -0.2) is 36.4 Å². The molecule has 2 heterocycles. The second-order valence-electron chi connectivity index (χ2n) is 8.39. The predicted octanol–water partition coefficient (Wildman–Crippen LogP) is 2.71. The van der Waals surface area contributed by atoms with Crippen LogP contribution in [0.2, 0.25) is 0 Å².